The zero-order chi connectivity index (χ0) is 17.0. The monoisotopic (exact) mass is 330 g/mol. The summed E-state index contributed by atoms with van der Waals surface area (Å²) in [5.74, 6) is -0.973. The summed E-state index contributed by atoms with van der Waals surface area (Å²) in [7, 11) is 0. The van der Waals surface area contributed by atoms with E-state index in [0.29, 0.717) is 17.0 Å². The Bertz CT molecular complexity index is 704. The summed E-state index contributed by atoms with van der Waals surface area (Å²) in [6.07, 6.45) is 0.526. The van der Waals surface area contributed by atoms with Crippen molar-refractivity contribution < 1.29 is 9.59 Å². The first-order valence-electron chi connectivity index (χ1n) is 7.09. The lowest BCUT2D eigenvalue weighted by Gasteiger charge is -2.22. The van der Waals surface area contributed by atoms with Crippen molar-refractivity contribution >= 4 is 23.5 Å². The van der Waals surface area contributed by atoms with Crippen molar-refractivity contribution in [2.24, 2.45) is 5.92 Å². The van der Waals surface area contributed by atoms with Gasteiger partial charge in [-0.15, -0.1) is 0 Å². The van der Waals surface area contributed by atoms with Crippen molar-refractivity contribution in [2.75, 3.05) is 6.54 Å². The molecule has 0 radical (unpaired) electrons. The van der Waals surface area contributed by atoms with Crippen LogP contribution in [-0.4, -0.2) is 23.4 Å². The minimum atomic E-state index is -1.18. The highest BCUT2D eigenvalue weighted by Crippen LogP contribution is 2.30. The Hall–Kier alpha value is -2.57. The predicted molar refractivity (Wildman–Crippen MR) is 83.0 cm³/mol. The number of nitrogens with one attached hydrogen (secondary N) is 1. The number of carbonyl (C=O) groups excluding carboxylic acids is 2. The van der Waals surface area contributed by atoms with Crippen LogP contribution in [0.15, 0.2) is 24.3 Å². The average Bonchev–Trinajstić information content (AvgIpc) is 2.75. The van der Waals surface area contributed by atoms with Gasteiger partial charge in [0.2, 0.25) is 0 Å². The van der Waals surface area contributed by atoms with Crippen LogP contribution < -0.4 is 5.32 Å². The lowest BCUT2D eigenvalue weighted by atomic mass is 9.92. The van der Waals surface area contributed by atoms with Crippen molar-refractivity contribution in [3.05, 3.63) is 34.9 Å². The first-order valence-corrected chi connectivity index (χ1v) is 7.47. The van der Waals surface area contributed by atoms with Crippen molar-refractivity contribution in [3.63, 3.8) is 0 Å². The van der Waals surface area contributed by atoms with Gasteiger partial charge in [0.05, 0.1) is 18.1 Å². The number of amides is 3. The number of rotatable bonds is 5. The maximum atomic E-state index is 12.7. The number of benzene rings is 1. The van der Waals surface area contributed by atoms with Crippen LogP contribution in [0.2, 0.25) is 5.02 Å². The molecular formula is C16H15ClN4O2. The van der Waals surface area contributed by atoms with E-state index in [9.17, 15) is 9.59 Å². The maximum absolute atomic E-state index is 12.7. The molecule has 3 amide bonds. The fourth-order valence-corrected chi connectivity index (χ4v) is 2.62. The molecule has 2 atom stereocenters. The van der Waals surface area contributed by atoms with Crippen molar-refractivity contribution in [2.45, 2.75) is 25.3 Å². The third-order valence-corrected chi connectivity index (χ3v) is 4.14. The van der Waals surface area contributed by atoms with Crippen LogP contribution >= 0.6 is 11.6 Å². The van der Waals surface area contributed by atoms with Crippen LogP contribution in [0.1, 0.15) is 25.3 Å². The van der Waals surface area contributed by atoms with Gasteiger partial charge in [-0.3, -0.25) is 9.69 Å². The highest BCUT2D eigenvalue weighted by atomic mass is 35.5. The largest absolute Gasteiger partial charge is 0.325 e. The normalized spacial score (nSPS) is 21.5. The Kier molecular flexibility index (Phi) is 4.88. The standard InChI is InChI=1S/C16H15ClN4O2/c1-16(12-4-6-13(17)7-5-12)14(22)21(15(23)20-16)10-11(9-19)3-2-8-18/h4-7,11H,2-3,10H2,1H3,(H,20,23)/t11-,16-/m0/s1. The summed E-state index contributed by atoms with van der Waals surface area (Å²) in [5, 5.41) is 20.9. The van der Waals surface area contributed by atoms with Gasteiger partial charge >= 0.3 is 6.03 Å². The Balaban J connectivity index is 2.21. The molecule has 1 aliphatic rings. The first-order chi connectivity index (χ1) is 10.9. The third kappa shape index (κ3) is 3.28. The lowest BCUT2D eigenvalue weighted by Crippen LogP contribution is -2.41. The van der Waals surface area contributed by atoms with E-state index in [1.165, 1.54) is 0 Å². The molecule has 1 heterocycles. The van der Waals surface area contributed by atoms with E-state index in [1.807, 2.05) is 12.1 Å². The number of imide groups is 1. The van der Waals surface area contributed by atoms with E-state index in [2.05, 4.69) is 5.32 Å². The lowest BCUT2D eigenvalue weighted by molar-refractivity contribution is -0.131. The van der Waals surface area contributed by atoms with Crippen LogP contribution in [0.25, 0.3) is 0 Å². The van der Waals surface area contributed by atoms with Gasteiger partial charge < -0.3 is 5.32 Å². The molecular weight excluding hydrogens is 316 g/mol. The Morgan fingerprint density at radius 3 is 2.52 bits per heavy atom. The summed E-state index contributed by atoms with van der Waals surface area (Å²) in [5.41, 5.74) is -0.565. The summed E-state index contributed by atoms with van der Waals surface area (Å²) >= 11 is 5.85. The molecule has 0 saturated carbocycles. The van der Waals surface area contributed by atoms with E-state index in [-0.39, 0.29) is 13.0 Å². The van der Waals surface area contributed by atoms with E-state index in [4.69, 9.17) is 22.1 Å². The molecule has 1 N–H and O–H groups in total. The number of halogens is 1. The number of nitrogens with zero attached hydrogens (tertiary/aromatic N) is 3. The number of urea groups is 1. The van der Waals surface area contributed by atoms with Gasteiger partial charge in [0.1, 0.15) is 5.54 Å². The second-order valence-electron chi connectivity index (χ2n) is 5.50. The maximum Gasteiger partial charge on any atom is 0.325 e. The fraction of sp³-hybridized carbons (Fsp3) is 0.375. The van der Waals surface area contributed by atoms with E-state index >= 15 is 0 Å². The zero-order valence-corrected chi connectivity index (χ0v) is 13.3. The van der Waals surface area contributed by atoms with Crippen molar-refractivity contribution in [1.29, 1.82) is 10.5 Å². The Labute approximate surface area is 139 Å². The second-order valence-corrected chi connectivity index (χ2v) is 5.94. The molecule has 1 aliphatic heterocycles. The van der Waals surface area contributed by atoms with Crippen LogP contribution in [0.5, 0.6) is 0 Å². The van der Waals surface area contributed by atoms with Crippen LogP contribution in [0.4, 0.5) is 4.79 Å². The number of nitriles is 2. The molecule has 0 spiro atoms. The first kappa shape index (κ1) is 16.8. The minimum absolute atomic E-state index is 0.0218. The van der Waals surface area contributed by atoms with Gasteiger partial charge in [-0.2, -0.15) is 10.5 Å². The van der Waals surface area contributed by atoms with Gasteiger partial charge in [-0.05, 0) is 31.0 Å². The summed E-state index contributed by atoms with van der Waals surface area (Å²) in [4.78, 5) is 25.9. The quantitative estimate of drug-likeness (QED) is 0.839. The van der Waals surface area contributed by atoms with Gasteiger partial charge in [0.15, 0.2) is 0 Å². The number of hydrogen-bond donors (Lipinski definition) is 1. The highest BCUT2D eigenvalue weighted by molar-refractivity contribution is 6.30. The molecule has 1 aromatic rings. The minimum Gasteiger partial charge on any atom is -0.319 e. The molecule has 0 aliphatic carbocycles. The van der Waals surface area contributed by atoms with E-state index < -0.39 is 23.4 Å². The van der Waals surface area contributed by atoms with Gasteiger partial charge in [0, 0.05) is 18.0 Å². The fourth-order valence-electron chi connectivity index (χ4n) is 2.50. The molecule has 23 heavy (non-hydrogen) atoms. The summed E-state index contributed by atoms with van der Waals surface area (Å²) in [6.45, 7) is 1.60. The van der Waals surface area contributed by atoms with Gasteiger partial charge in [0.25, 0.3) is 5.91 Å². The van der Waals surface area contributed by atoms with E-state index in [1.54, 1.807) is 31.2 Å². The smallest absolute Gasteiger partial charge is 0.319 e. The summed E-state index contributed by atoms with van der Waals surface area (Å²) < 4.78 is 0. The molecule has 1 aromatic carbocycles. The molecule has 7 heteroatoms. The molecule has 2 rings (SSSR count). The van der Waals surface area contributed by atoms with Crippen LogP contribution in [0, 0.1) is 28.6 Å². The Morgan fingerprint density at radius 1 is 1.30 bits per heavy atom. The van der Waals surface area contributed by atoms with Crippen LogP contribution in [-0.2, 0) is 10.3 Å². The SMILES string of the molecule is C[C@@]1(c2ccc(Cl)cc2)NC(=O)N(C[C@H](C#N)CCC#N)C1=O. The highest BCUT2D eigenvalue weighted by Gasteiger charge is 2.49. The van der Waals surface area contributed by atoms with Gasteiger partial charge in [-0.1, -0.05) is 23.7 Å². The molecule has 1 saturated heterocycles. The molecule has 1 fully saturated rings. The van der Waals surface area contributed by atoms with Crippen molar-refractivity contribution in [1.82, 2.24) is 10.2 Å². The Morgan fingerprint density at radius 2 is 1.96 bits per heavy atom. The summed E-state index contributed by atoms with van der Waals surface area (Å²) in [6, 6.07) is 10.1. The molecule has 0 aromatic heterocycles. The van der Waals surface area contributed by atoms with E-state index in [0.717, 1.165) is 4.90 Å². The molecule has 0 unspecified atom stereocenters. The number of hydrogen-bond acceptors (Lipinski definition) is 4. The topological polar surface area (TPSA) is 97.0 Å². The predicted octanol–water partition coefficient (Wildman–Crippen LogP) is 2.55. The van der Waals surface area contributed by atoms with Crippen molar-refractivity contribution in [3.8, 4) is 12.1 Å². The third-order valence-electron chi connectivity index (χ3n) is 3.89. The average molecular weight is 331 g/mol. The molecule has 6 nitrogen and oxygen atoms in total. The zero-order valence-electron chi connectivity index (χ0n) is 12.5. The number of carbonyl (C=O) groups is 2. The molecule has 0 bridgehead atoms. The van der Waals surface area contributed by atoms with Crippen LogP contribution in [0.3, 0.4) is 0 Å². The second kappa shape index (κ2) is 6.68. The van der Waals surface area contributed by atoms with Gasteiger partial charge in [-0.25, -0.2) is 4.79 Å². The molecule has 118 valence electrons.